The topological polar surface area (TPSA) is 20.2 Å². The summed E-state index contributed by atoms with van der Waals surface area (Å²) in [7, 11) is 0. The molecule has 0 aliphatic heterocycles. The Morgan fingerprint density at radius 3 is 2.20 bits per heavy atom. The van der Waals surface area contributed by atoms with Crippen LogP contribution in [0.3, 0.4) is 0 Å². The molecule has 0 aliphatic rings. The Labute approximate surface area is 63.8 Å². The maximum absolute atomic E-state index is 9.18. The highest BCUT2D eigenvalue weighted by Gasteiger charge is 2.14. The predicted molar refractivity (Wildman–Crippen MR) is 44.8 cm³/mol. The molecule has 0 aromatic carbocycles. The van der Waals surface area contributed by atoms with Gasteiger partial charge in [0, 0.05) is 0 Å². The Morgan fingerprint density at radius 2 is 1.90 bits per heavy atom. The van der Waals surface area contributed by atoms with Gasteiger partial charge in [0.05, 0.1) is 6.10 Å². The molecule has 1 heteroatoms. The van der Waals surface area contributed by atoms with Crippen molar-refractivity contribution < 1.29 is 5.11 Å². The van der Waals surface area contributed by atoms with Crippen molar-refractivity contribution in [1.29, 1.82) is 0 Å². The Hall–Kier alpha value is -0.300. The quantitative estimate of drug-likeness (QED) is 0.597. The van der Waals surface area contributed by atoms with E-state index in [1.165, 1.54) is 0 Å². The summed E-state index contributed by atoms with van der Waals surface area (Å²) in [5.74, 6) is 0.912. The van der Waals surface area contributed by atoms with Gasteiger partial charge in [0.2, 0.25) is 0 Å². The molecule has 0 saturated heterocycles. The molecule has 0 spiro atoms. The van der Waals surface area contributed by atoms with Crippen molar-refractivity contribution in [2.45, 2.75) is 33.3 Å². The van der Waals surface area contributed by atoms with Gasteiger partial charge in [0.15, 0.2) is 0 Å². The summed E-state index contributed by atoms with van der Waals surface area (Å²) in [5.41, 5.74) is 0. The second kappa shape index (κ2) is 4.51. The van der Waals surface area contributed by atoms with E-state index < -0.39 is 0 Å². The minimum Gasteiger partial charge on any atom is -0.393 e. The van der Waals surface area contributed by atoms with Crippen LogP contribution in [0.4, 0.5) is 0 Å². The number of rotatable bonds is 4. The predicted octanol–water partition coefficient (Wildman–Crippen LogP) is 2.22. The first-order valence-corrected chi connectivity index (χ1v) is 3.88. The van der Waals surface area contributed by atoms with Crippen LogP contribution in [-0.4, -0.2) is 11.2 Å². The standard InChI is InChI=1S/C9H18O/c1-5-6-7(2)8(3)9(4)10/h5,7-10H,1,6H2,2-4H3. The van der Waals surface area contributed by atoms with Gasteiger partial charge in [0.25, 0.3) is 0 Å². The molecule has 0 aromatic heterocycles. The Balaban J connectivity index is 3.68. The van der Waals surface area contributed by atoms with E-state index in [2.05, 4.69) is 20.4 Å². The lowest BCUT2D eigenvalue weighted by atomic mass is 9.89. The normalized spacial score (nSPS) is 19.6. The third-order valence-electron chi connectivity index (χ3n) is 2.20. The van der Waals surface area contributed by atoms with E-state index in [4.69, 9.17) is 0 Å². The fourth-order valence-corrected chi connectivity index (χ4v) is 0.953. The molecule has 0 heterocycles. The zero-order valence-corrected chi connectivity index (χ0v) is 7.17. The lowest BCUT2D eigenvalue weighted by Gasteiger charge is -2.20. The molecule has 0 radical (unpaired) electrons. The average molecular weight is 142 g/mol. The first-order valence-electron chi connectivity index (χ1n) is 3.88. The largest absolute Gasteiger partial charge is 0.393 e. The molecule has 0 fully saturated rings. The number of allylic oxidation sites excluding steroid dienone is 1. The summed E-state index contributed by atoms with van der Waals surface area (Å²) in [6.07, 6.45) is 2.70. The lowest BCUT2D eigenvalue weighted by Crippen LogP contribution is -2.20. The summed E-state index contributed by atoms with van der Waals surface area (Å²) >= 11 is 0. The summed E-state index contributed by atoms with van der Waals surface area (Å²) in [6, 6.07) is 0. The number of hydrogen-bond acceptors (Lipinski definition) is 1. The fourth-order valence-electron chi connectivity index (χ4n) is 0.953. The van der Waals surface area contributed by atoms with E-state index in [0.29, 0.717) is 11.8 Å². The zero-order chi connectivity index (χ0) is 8.15. The van der Waals surface area contributed by atoms with Crippen molar-refractivity contribution in [3.63, 3.8) is 0 Å². The van der Waals surface area contributed by atoms with E-state index in [9.17, 15) is 5.11 Å². The molecule has 0 amide bonds. The maximum atomic E-state index is 9.18. The van der Waals surface area contributed by atoms with Gasteiger partial charge in [-0.3, -0.25) is 0 Å². The summed E-state index contributed by atoms with van der Waals surface area (Å²) in [6.45, 7) is 9.70. The Morgan fingerprint density at radius 1 is 1.40 bits per heavy atom. The van der Waals surface area contributed by atoms with E-state index in [-0.39, 0.29) is 6.10 Å². The Bertz CT molecular complexity index is 96.9. The second-order valence-electron chi connectivity index (χ2n) is 3.10. The average Bonchev–Trinajstić information content (AvgIpc) is 1.87. The van der Waals surface area contributed by atoms with Crippen molar-refractivity contribution in [1.82, 2.24) is 0 Å². The zero-order valence-electron chi connectivity index (χ0n) is 7.17. The highest BCUT2D eigenvalue weighted by atomic mass is 16.3. The van der Waals surface area contributed by atoms with Gasteiger partial charge in [0.1, 0.15) is 0 Å². The molecule has 1 N–H and O–H groups in total. The smallest absolute Gasteiger partial charge is 0.0540 e. The SMILES string of the molecule is C=CCC(C)C(C)C(C)O. The third kappa shape index (κ3) is 3.02. The minimum absolute atomic E-state index is 0.199. The number of aliphatic hydroxyl groups excluding tert-OH is 1. The molecule has 0 rings (SSSR count). The van der Waals surface area contributed by atoms with Crippen LogP contribution in [0.15, 0.2) is 12.7 Å². The molecule has 3 atom stereocenters. The van der Waals surface area contributed by atoms with Gasteiger partial charge >= 0.3 is 0 Å². The maximum Gasteiger partial charge on any atom is 0.0540 e. The number of hydrogen-bond donors (Lipinski definition) is 1. The van der Waals surface area contributed by atoms with Crippen molar-refractivity contribution in [2.24, 2.45) is 11.8 Å². The molecule has 1 nitrogen and oxygen atoms in total. The Kier molecular flexibility index (Phi) is 4.37. The highest BCUT2D eigenvalue weighted by Crippen LogP contribution is 2.18. The summed E-state index contributed by atoms with van der Waals surface area (Å²) < 4.78 is 0. The molecular weight excluding hydrogens is 124 g/mol. The highest BCUT2D eigenvalue weighted by molar-refractivity contribution is 4.75. The van der Waals surface area contributed by atoms with E-state index >= 15 is 0 Å². The van der Waals surface area contributed by atoms with Gasteiger partial charge in [-0.1, -0.05) is 19.9 Å². The number of aliphatic hydroxyl groups is 1. The van der Waals surface area contributed by atoms with Gasteiger partial charge < -0.3 is 5.11 Å². The van der Waals surface area contributed by atoms with Crippen molar-refractivity contribution in [3.8, 4) is 0 Å². The van der Waals surface area contributed by atoms with Crippen LogP contribution in [-0.2, 0) is 0 Å². The van der Waals surface area contributed by atoms with Crippen LogP contribution < -0.4 is 0 Å². The van der Waals surface area contributed by atoms with Crippen molar-refractivity contribution in [2.75, 3.05) is 0 Å². The lowest BCUT2D eigenvalue weighted by molar-refractivity contribution is 0.104. The van der Waals surface area contributed by atoms with Gasteiger partial charge in [-0.05, 0) is 25.2 Å². The molecule has 0 saturated carbocycles. The van der Waals surface area contributed by atoms with Gasteiger partial charge in [-0.15, -0.1) is 6.58 Å². The van der Waals surface area contributed by atoms with Crippen LogP contribution >= 0.6 is 0 Å². The summed E-state index contributed by atoms with van der Waals surface area (Å²) in [4.78, 5) is 0. The van der Waals surface area contributed by atoms with Crippen molar-refractivity contribution in [3.05, 3.63) is 12.7 Å². The molecule has 60 valence electrons. The van der Waals surface area contributed by atoms with Crippen LogP contribution in [0, 0.1) is 11.8 Å². The fraction of sp³-hybridized carbons (Fsp3) is 0.778. The third-order valence-corrected chi connectivity index (χ3v) is 2.20. The van der Waals surface area contributed by atoms with Crippen molar-refractivity contribution >= 4 is 0 Å². The van der Waals surface area contributed by atoms with Crippen LogP contribution in [0.25, 0.3) is 0 Å². The monoisotopic (exact) mass is 142 g/mol. The molecule has 3 unspecified atom stereocenters. The van der Waals surface area contributed by atoms with E-state index in [1.807, 2.05) is 13.0 Å². The molecule has 10 heavy (non-hydrogen) atoms. The van der Waals surface area contributed by atoms with Gasteiger partial charge in [-0.2, -0.15) is 0 Å². The van der Waals surface area contributed by atoms with Crippen LogP contribution in [0.2, 0.25) is 0 Å². The van der Waals surface area contributed by atoms with E-state index in [1.54, 1.807) is 0 Å². The van der Waals surface area contributed by atoms with Gasteiger partial charge in [-0.25, -0.2) is 0 Å². The molecular formula is C9H18O. The second-order valence-corrected chi connectivity index (χ2v) is 3.10. The van der Waals surface area contributed by atoms with Crippen LogP contribution in [0.5, 0.6) is 0 Å². The van der Waals surface area contributed by atoms with Crippen LogP contribution in [0.1, 0.15) is 27.2 Å². The van der Waals surface area contributed by atoms with E-state index in [0.717, 1.165) is 6.42 Å². The molecule has 0 bridgehead atoms. The summed E-state index contributed by atoms with van der Waals surface area (Å²) in [5, 5.41) is 9.18. The first-order chi connectivity index (χ1) is 4.59. The minimum atomic E-state index is -0.199. The first kappa shape index (κ1) is 9.70. The molecule has 0 aromatic rings. The molecule has 0 aliphatic carbocycles.